The van der Waals surface area contributed by atoms with E-state index in [0.717, 1.165) is 17.6 Å². The van der Waals surface area contributed by atoms with Gasteiger partial charge in [-0.1, -0.05) is 13.5 Å². The van der Waals surface area contributed by atoms with Gasteiger partial charge >= 0.3 is 0 Å². The van der Waals surface area contributed by atoms with Crippen molar-refractivity contribution in [2.24, 2.45) is 18.9 Å². The van der Waals surface area contributed by atoms with Crippen LogP contribution in [0.1, 0.15) is 6.92 Å². The molecule has 0 saturated carbocycles. The highest BCUT2D eigenvalue weighted by Crippen LogP contribution is 2.28. The number of aryl methyl sites for hydroxylation is 1. The maximum absolute atomic E-state index is 11.9. The summed E-state index contributed by atoms with van der Waals surface area (Å²) in [5.74, 6) is 1.50. The van der Waals surface area contributed by atoms with Crippen LogP contribution in [0.15, 0.2) is 37.3 Å². The Labute approximate surface area is 162 Å². The van der Waals surface area contributed by atoms with E-state index in [1.807, 2.05) is 30.4 Å². The van der Waals surface area contributed by atoms with Gasteiger partial charge in [-0.05, 0) is 18.1 Å². The van der Waals surface area contributed by atoms with Crippen LogP contribution in [0.3, 0.4) is 0 Å². The molecule has 0 aromatic carbocycles. The molecule has 1 fully saturated rings. The van der Waals surface area contributed by atoms with Crippen LogP contribution in [0.25, 0.3) is 11.0 Å². The van der Waals surface area contributed by atoms with E-state index in [1.165, 1.54) is 6.08 Å². The lowest BCUT2D eigenvalue weighted by Gasteiger charge is -2.16. The van der Waals surface area contributed by atoms with Gasteiger partial charge in [0, 0.05) is 38.4 Å². The number of carbonyl (C=O) groups excluding carboxylic acids is 1. The molecular weight excluding hydrogens is 358 g/mol. The van der Waals surface area contributed by atoms with E-state index >= 15 is 0 Å². The zero-order valence-corrected chi connectivity index (χ0v) is 15.9. The summed E-state index contributed by atoms with van der Waals surface area (Å²) in [6.45, 7) is 7.55. The molecule has 1 amide bonds. The Morgan fingerprint density at radius 3 is 3.07 bits per heavy atom. The Morgan fingerprint density at radius 2 is 2.32 bits per heavy atom. The van der Waals surface area contributed by atoms with Gasteiger partial charge in [0.25, 0.3) is 0 Å². The molecule has 0 spiro atoms. The molecule has 146 valence electrons. The molecule has 28 heavy (non-hydrogen) atoms. The Morgan fingerprint density at radius 1 is 1.46 bits per heavy atom. The molecule has 1 saturated heterocycles. The number of nitrogens with zero attached hydrogens (tertiary/aromatic N) is 5. The summed E-state index contributed by atoms with van der Waals surface area (Å²) in [5.41, 5.74) is 1.49. The van der Waals surface area contributed by atoms with Crippen molar-refractivity contribution in [3.8, 4) is 5.88 Å². The van der Waals surface area contributed by atoms with Gasteiger partial charge in [0.2, 0.25) is 17.7 Å². The van der Waals surface area contributed by atoms with Gasteiger partial charge in [0.05, 0.1) is 23.9 Å². The molecule has 1 aliphatic rings. The summed E-state index contributed by atoms with van der Waals surface area (Å²) in [6.07, 6.45) is 6.71. The van der Waals surface area contributed by atoms with Gasteiger partial charge in [0.1, 0.15) is 5.65 Å². The van der Waals surface area contributed by atoms with E-state index in [0.29, 0.717) is 36.5 Å². The molecule has 2 unspecified atom stereocenters. The monoisotopic (exact) mass is 381 g/mol. The van der Waals surface area contributed by atoms with Gasteiger partial charge in [0.15, 0.2) is 0 Å². The number of likely N-dealkylation sites (tertiary alicyclic amines) is 1. The topological polar surface area (TPSA) is 101 Å². The molecular formula is C19H23N7O2. The van der Waals surface area contributed by atoms with Crippen LogP contribution in [-0.2, 0) is 11.8 Å². The van der Waals surface area contributed by atoms with Crippen molar-refractivity contribution >= 4 is 28.6 Å². The number of fused-ring (bicyclic) bond motifs is 1. The minimum atomic E-state index is -0.0348. The summed E-state index contributed by atoms with van der Waals surface area (Å²) in [7, 11) is 1.85. The third-order valence-electron chi connectivity index (χ3n) is 5.03. The molecule has 9 heteroatoms. The van der Waals surface area contributed by atoms with Crippen LogP contribution < -0.4 is 10.1 Å². The fourth-order valence-corrected chi connectivity index (χ4v) is 3.44. The van der Waals surface area contributed by atoms with Crippen molar-refractivity contribution < 1.29 is 9.53 Å². The lowest BCUT2D eigenvalue weighted by atomic mass is 9.99. The summed E-state index contributed by atoms with van der Waals surface area (Å²) in [6, 6.07) is 1.89. The van der Waals surface area contributed by atoms with Crippen molar-refractivity contribution in [2.75, 3.05) is 25.0 Å². The Balaban J connectivity index is 1.51. The van der Waals surface area contributed by atoms with Crippen molar-refractivity contribution in [1.82, 2.24) is 29.6 Å². The molecule has 1 aliphatic heterocycles. The maximum Gasteiger partial charge on any atom is 0.245 e. The van der Waals surface area contributed by atoms with Gasteiger partial charge in [-0.2, -0.15) is 15.1 Å². The first-order chi connectivity index (χ1) is 13.5. The molecule has 4 rings (SSSR count). The number of carbonyl (C=O) groups is 1. The average Bonchev–Trinajstić information content (AvgIpc) is 3.39. The first-order valence-electron chi connectivity index (χ1n) is 9.18. The second-order valence-electron chi connectivity index (χ2n) is 7.12. The van der Waals surface area contributed by atoms with Crippen molar-refractivity contribution in [3.05, 3.63) is 37.3 Å². The number of hydrogen-bond donors (Lipinski definition) is 2. The largest absolute Gasteiger partial charge is 0.477 e. The molecule has 2 atom stereocenters. The van der Waals surface area contributed by atoms with E-state index in [1.54, 1.807) is 10.9 Å². The second kappa shape index (κ2) is 7.34. The first kappa shape index (κ1) is 18.0. The Kier molecular flexibility index (Phi) is 4.72. The van der Waals surface area contributed by atoms with E-state index < -0.39 is 0 Å². The van der Waals surface area contributed by atoms with Gasteiger partial charge in [-0.15, -0.1) is 0 Å². The lowest BCUT2D eigenvalue weighted by Crippen LogP contribution is -2.27. The minimum absolute atomic E-state index is 0.0348. The number of anilines is 2. The fourth-order valence-electron chi connectivity index (χ4n) is 3.44. The Hall–Kier alpha value is -3.36. The quantitative estimate of drug-likeness (QED) is 0.634. The minimum Gasteiger partial charge on any atom is -0.477 e. The van der Waals surface area contributed by atoms with E-state index in [-0.39, 0.29) is 11.8 Å². The third kappa shape index (κ3) is 3.55. The smallest absolute Gasteiger partial charge is 0.245 e. The number of aromatic amines is 1. The van der Waals surface area contributed by atoms with Gasteiger partial charge in [-0.25, -0.2) is 0 Å². The van der Waals surface area contributed by atoms with Crippen LogP contribution in [0, 0.1) is 11.8 Å². The van der Waals surface area contributed by atoms with E-state index in [9.17, 15) is 4.79 Å². The third-order valence-corrected chi connectivity index (χ3v) is 5.03. The normalized spacial score (nSPS) is 19.1. The number of amides is 1. The number of hydrogen-bond acceptors (Lipinski definition) is 6. The number of nitrogens with one attached hydrogen (secondary N) is 2. The standard InChI is InChI=1S/C19H23N7O2/c1-4-16(27)26-8-12(2)13(9-26)11-28-18-15-5-6-20-17(15)23-19(24-18)22-14-7-21-25(3)10-14/h4-7,10,12-13H,1,8-9,11H2,2-3H3,(H2,20,22,23,24). The van der Waals surface area contributed by atoms with Crippen molar-refractivity contribution in [1.29, 1.82) is 0 Å². The zero-order valence-electron chi connectivity index (χ0n) is 15.9. The van der Waals surface area contributed by atoms with Crippen molar-refractivity contribution in [3.63, 3.8) is 0 Å². The summed E-state index contributed by atoms with van der Waals surface area (Å²) in [5, 5.41) is 8.10. The predicted octanol–water partition coefficient (Wildman–Crippen LogP) is 2.09. The number of ether oxygens (including phenoxy) is 1. The highest BCUT2D eigenvalue weighted by Gasteiger charge is 2.32. The van der Waals surface area contributed by atoms with Crippen molar-refractivity contribution in [2.45, 2.75) is 6.92 Å². The molecule has 0 radical (unpaired) electrons. The van der Waals surface area contributed by atoms with Crippen LogP contribution >= 0.6 is 0 Å². The number of rotatable bonds is 6. The summed E-state index contributed by atoms with van der Waals surface area (Å²) < 4.78 is 7.78. The maximum atomic E-state index is 11.9. The fraction of sp³-hybridized carbons (Fsp3) is 0.368. The predicted molar refractivity (Wildman–Crippen MR) is 105 cm³/mol. The van der Waals surface area contributed by atoms with E-state index in [4.69, 9.17) is 4.74 Å². The molecule has 0 bridgehead atoms. The molecule has 9 nitrogen and oxygen atoms in total. The number of H-pyrrole nitrogens is 1. The zero-order chi connectivity index (χ0) is 19.7. The first-order valence-corrected chi connectivity index (χ1v) is 9.18. The van der Waals surface area contributed by atoms with Crippen LogP contribution in [-0.4, -0.2) is 55.2 Å². The molecule has 3 aromatic heterocycles. The molecule has 2 N–H and O–H groups in total. The summed E-state index contributed by atoms with van der Waals surface area (Å²) >= 11 is 0. The molecule has 0 aliphatic carbocycles. The van der Waals surface area contributed by atoms with Crippen LogP contribution in [0.5, 0.6) is 5.88 Å². The molecule has 4 heterocycles. The summed E-state index contributed by atoms with van der Waals surface area (Å²) in [4.78, 5) is 25.8. The second-order valence-corrected chi connectivity index (χ2v) is 7.12. The van der Waals surface area contributed by atoms with Crippen LogP contribution in [0.4, 0.5) is 11.6 Å². The Bertz CT molecular complexity index is 1010. The van der Waals surface area contributed by atoms with Crippen LogP contribution in [0.2, 0.25) is 0 Å². The highest BCUT2D eigenvalue weighted by molar-refractivity contribution is 5.87. The van der Waals surface area contributed by atoms with Gasteiger partial charge < -0.3 is 19.9 Å². The van der Waals surface area contributed by atoms with E-state index in [2.05, 4.69) is 38.9 Å². The highest BCUT2D eigenvalue weighted by atomic mass is 16.5. The number of aromatic nitrogens is 5. The van der Waals surface area contributed by atoms with Gasteiger partial charge in [-0.3, -0.25) is 9.48 Å². The SMILES string of the molecule is C=CC(=O)N1CC(C)C(COc2nc(Nc3cnn(C)c3)nc3[nH]ccc23)C1. The average molecular weight is 381 g/mol. The lowest BCUT2D eigenvalue weighted by molar-refractivity contribution is -0.125. The molecule has 3 aromatic rings.